The maximum Gasteiger partial charge on any atom is 0.163 e. The van der Waals surface area contributed by atoms with E-state index < -0.39 is 5.41 Å². The highest BCUT2D eigenvalue weighted by Crippen LogP contribution is 2.30. The van der Waals surface area contributed by atoms with Gasteiger partial charge in [-0.2, -0.15) is 10.5 Å². The lowest BCUT2D eigenvalue weighted by Gasteiger charge is -2.15. The van der Waals surface area contributed by atoms with Gasteiger partial charge in [0.2, 0.25) is 0 Å². The third-order valence-electron chi connectivity index (χ3n) is 1.46. The predicted octanol–water partition coefficient (Wildman–Crippen LogP) is 1.67. The Bertz CT molecular complexity index is 217. The SMILES string of the molecule is N#CC1(C#N)C=CSCC1. The molecule has 0 aromatic rings. The monoisotopic (exact) mass is 150 g/mol. The van der Waals surface area contributed by atoms with E-state index in [-0.39, 0.29) is 0 Å². The van der Waals surface area contributed by atoms with E-state index in [1.165, 1.54) is 0 Å². The molecule has 0 saturated heterocycles. The molecule has 0 aromatic heterocycles. The molecular formula is C7H6N2S. The van der Waals surface area contributed by atoms with Crippen molar-refractivity contribution in [3.05, 3.63) is 11.5 Å². The van der Waals surface area contributed by atoms with Gasteiger partial charge >= 0.3 is 0 Å². The van der Waals surface area contributed by atoms with Crippen molar-refractivity contribution in [1.29, 1.82) is 10.5 Å². The topological polar surface area (TPSA) is 47.6 Å². The molecule has 0 unspecified atom stereocenters. The van der Waals surface area contributed by atoms with E-state index in [0.29, 0.717) is 6.42 Å². The van der Waals surface area contributed by atoms with Crippen LogP contribution in [0.3, 0.4) is 0 Å². The minimum atomic E-state index is -0.828. The van der Waals surface area contributed by atoms with Gasteiger partial charge < -0.3 is 0 Å². The third-order valence-corrected chi connectivity index (χ3v) is 2.23. The predicted molar refractivity (Wildman–Crippen MR) is 39.9 cm³/mol. The second-order valence-corrected chi connectivity index (χ2v) is 3.13. The molecule has 10 heavy (non-hydrogen) atoms. The van der Waals surface area contributed by atoms with Crippen LogP contribution < -0.4 is 0 Å². The molecule has 50 valence electrons. The van der Waals surface area contributed by atoms with Crippen LogP contribution in [0.15, 0.2) is 11.5 Å². The number of thioether (sulfide) groups is 1. The fourth-order valence-electron chi connectivity index (χ4n) is 0.747. The van der Waals surface area contributed by atoms with Crippen molar-refractivity contribution in [3.63, 3.8) is 0 Å². The van der Waals surface area contributed by atoms with E-state index in [9.17, 15) is 0 Å². The summed E-state index contributed by atoms with van der Waals surface area (Å²) in [5, 5.41) is 19.0. The number of rotatable bonds is 0. The summed E-state index contributed by atoms with van der Waals surface area (Å²) in [4.78, 5) is 0. The van der Waals surface area contributed by atoms with Crippen LogP contribution in [0.2, 0.25) is 0 Å². The fourth-order valence-corrected chi connectivity index (χ4v) is 1.65. The number of hydrogen-bond donors (Lipinski definition) is 0. The largest absolute Gasteiger partial charge is 0.196 e. The Hall–Kier alpha value is -0.930. The van der Waals surface area contributed by atoms with Crippen LogP contribution in [0, 0.1) is 28.1 Å². The summed E-state index contributed by atoms with van der Waals surface area (Å²) in [5.74, 6) is 0.873. The first-order valence-electron chi connectivity index (χ1n) is 2.95. The molecule has 1 rings (SSSR count). The van der Waals surface area contributed by atoms with Crippen LogP contribution in [0.5, 0.6) is 0 Å². The first kappa shape index (κ1) is 7.18. The van der Waals surface area contributed by atoms with Gasteiger partial charge in [0.1, 0.15) is 0 Å². The number of hydrogen-bond acceptors (Lipinski definition) is 3. The molecule has 3 heteroatoms. The van der Waals surface area contributed by atoms with Crippen molar-refractivity contribution in [3.8, 4) is 12.1 Å². The second-order valence-electron chi connectivity index (χ2n) is 2.12. The Morgan fingerprint density at radius 1 is 1.40 bits per heavy atom. The summed E-state index contributed by atoms with van der Waals surface area (Å²) in [6.45, 7) is 0. The lowest BCUT2D eigenvalue weighted by atomic mass is 9.89. The Labute approximate surface area is 64.1 Å². The lowest BCUT2D eigenvalue weighted by molar-refractivity contribution is 0.637. The molecule has 0 aliphatic carbocycles. The van der Waals surface area contributed by atoms with Crippen molar-refractivity contribution in [2.75, 3.05) is 5.75 Å². The standard InChI is InChI=1S/C7H6N2S/c8-5-7(6-9)1-3-10-4-2-7/h1,3H,2,4H2. The number of nitriles is 2. The van der Waals surface area contributed by atoms with E-state index in [1.54, 1.807) is 17.8 Å². The van der Waals surface area contributed by atoms with Crippen LogP contribution >= 0.6 is 11.8 Å². The Morgan fingerprint density at radius 3 is 2.40 bits per heavy atom. The normalized spacial score (nSPS) is 21.0. The Morgan fingerprint density at radius 2 is 2.10 bits per heavy atom. The Kier molecular flexibility index (Phi) is 1.99. The summed E-state index contributed by atoms with van der Waals surface area (Å²) in [7, 11) is 0. The van der Waals surface area contributed by atoms with Gasteiger partial charge in [-0.05, 0) is 17.9 Å². The minimum absolute atomic E-state index is 0.654. The van der Waals surface area contributed by atoms with Gasteiger partial charge in [0.15, 0.2) is 5.41 Å². The van der Waals surface area contributed by atoms with Crippen molar-refractivity contribution in [2.45, 2.75) is 6.42 Å². The Balaban J connectivity index is 2.87. The molecule has 0 bridgehead atoms. The molecule has 0 aromatic carbocycles. The van der Waals surface area contributed by atoms with E-state index >= 15 is 0 Å². The molecule has 0 fully saturated rings. The zero-order valence-electron chi connectivity index (χ0n) is 5.37. The molecule has 0 spiro atoms. The fraction of sp³-hybridized carbons (Fsp3) is 0.429. The van der Waals surface area contributed by atoms with Gasteiger partial charge in [-0.1, -0.05) is 0 Å². The molecule has 0 amide bonds. The average molecular weight is 150 g/mol. The van der Waals surface area contributed by atoms with Gasteiger partial charge in [-0.25, -0.2) is 0 Å². The first-order chi connectivity index (χ1) is 4.83. The summed E-state index contributed by atoms with van der Waals surface area (Å²) >= 11 is 1.65. The highest BCUT2D eigenvalue weighted by atomic mass is 32.2. The highest BCUT2D eigenvalue weighted by molar-refractivity contribution is 8.02. The molecule has 1 heterocycles. The summed E-state index contributed by atoms with van der Waals surface area (Å²) in [5.41, 5.74) is -0.828. The molecule has 0 saturated carbocycles. The van der Waals surface area contributed by atoms with E-state index in [4.69, 9.17) is 10.5 Å². The van der Waals surface area contributed by atoms with Crippen molar-refractivity contribution < 1.29 is 0 Å². The van der Waals surface area contributed by atoms with Gasteiger partial charge in [0.25, 0.3) is 0 Å². The zero-order chi connectivity index (χ0) is 7.45. The van der Waals surface area contributed by atoms with E-state index in [2.05, 4.69) is 0 Å². The summed E-state index contributed by atoms with van der Waals surface area (Å²) < 4.78 is 0. The molecule has 0 radical (unpaired) electrons. The number of nitrogens with zero attached hydrogens (tertiary/aromatic N) is 2. The molecule has 0 atom stereocenters. The van der Waals surface area contributed by atoms with Crippen molar-refractivity contribution >= 4 is 11.8 Å². The summed E-state index contributed by atoms with van der Waals surface area (Å²) in [6, 6.07) is 4.01. The van der Waals surface area contributed by atoms with Crippen LogP contribution in [-0.2, 0) is 0 Å². The molecule has 2 nitrogen and oxygen atoms in total. The van der Waals surface area contributed by atoms with Crippen LogP contribution in [0.25, 0.3) is 0 Å². The number of allylic oxidation sites excluding steroid dienone is 1. The second kappa shape index (κ2) is 2.77. The zero-order valence-corrected chi connectivity index (χ0v) is 6.19. The van der Waals surface area contributed by atoms with Gasteiger partial charge in [-0.15, -0.1) is 11.8 Å². The first-order valence-corrected chi connectivity index (χ1v) is 4.00. The average Bonchev–Trinajstić information content (AvgIpc) is 2.06. The van der Waals surface area contributed by atoms with Gasteiger partial charge in [-0.3, -0.25) is 0 Å². The van der Waals surface area contributed by atoms with Crippen molar-refractivity contribution in [1.82, 2.24) is 0 Å². The minimum Gasteiger partial charge on any atom is -0.196 e. The molecule has 1 aliphatic rings. The molecular weight excluding hydrogens is 144 g/mol. The van der Waals surface area contributed by atoms with Crippen LogP contribution in [0.1, 0.15) is 6.42 Å². The molecule has 1 aliphatic heterocycles. The van der Waals surface area contributed by atoms with Gasteiger partial charge in [0, 0.05) is 5.75 Å². The lowest BCUT2D eigenvalue weighted by Crippen LogP contribution is -2.15. The third kappa shape index (κ3) is 1.15. The maximum atomic E-state index is 8.61. The van der Waals surface area contributed by atoms with Crippen molar-refractivity contribution in [2.24, 2.45) is 5.41 Å². The summed E-state index contributed by atoms with van der Waals surface area (Å²) in [6.07, 6.45) is 2.34. The highest BCUT2D eigenvalue weighted by Gasteiger charge is 2.27. The smallest absolute Gasteiger partial charge is 0.163 e. The van der Waals surface area contributed by atoms with Gasteiger partial charge in [0.05, 0.1) is 12.1 Å². The molecule has 0 N–H and O–H groups in total. The van der Waals surface area contributed by atoms with E-state index in [1.807, 2.05) is 17.5 Å². The quantitative estimate of drug-likeness (QED) is 0.527. The van der Waals surface area contributed by atoms with E-state index in [0.717, 1.165) is 5.75 Å². The maximum absolute atomic E-state index is 8.61. The van der Waals surface area contributed by atoms with Crippen LogP contribution in [0.4, 0.5) is 0 Å². The van der Waals surface area contributed by atoms with Crippen LogP contribution in [-0.4, -0.2) is 5.75 Å².